The number of ether oxygens (including phenoxy) is 1. The van der Waals surface area contributed by atoms with Crippen LogP contribution in [0.1, 0.15) is 57.3 Å². The maximum atomic E-state index is 14.9. The number of halogens is 7. The molecule has 2 aromatic carbocycles. The van der Waals surface area contributed by atoms with Gasteiger partial charge in [0.15, 0.2) is 11.5 Å². The average Bonchev–Trinajstić information content (AvgIpc) is 3.58. The quantitative estimate of drug-likeness (QED) is 0.160. The third-order valence-corrected chi connectivity index (χ3v) is 9.21. The summed E-state index contributed by atoms with van der Waals surface area (Å²) in [5.74, 6) is -1.97. The molecule has 53 heavy (non-hydrogen) atoms. The number of alkyl halides is 6. The van der Waals surface area contributed by atoms with Gasteiger partial charge in [-0.1, -0.05) is 62.7 Å². The van der Waals surface area contributed by atoms with E-state index in [-0.39, 0.29) is 35.1 Å². The van der Waals surface area contributed by atoms with Gasteiger partial charge in [0.2, 0.25) is 6.43 Å². The smallest absolute Gasteiger partial charge is 0.407 e. The molecule has 0 bridgehead atoms. The Balaban J connectivity index is 1.38. The average molecular weight is 766 g/mol. The van der Waals surface area contributed by atoms with Crippen molar-refractivity contribution in [3.8, 4) is 11.1 Å². The third-order valence-electron chi connectivity index (χ3n) is 8.89. The van der Waals surface area contributed by atoms with Crippen LogP contribution in [0.25, 0.3) is 11.1 Å². The van der Waals surface area contributed by atoms with Crippen LogP contribution in [0.4, 0.5) is 36.8 Å². The number of hydrogen-bond acceptors (Lipinski definition) is 9. The zero-order chi connectivity index (χ0) is 38.5. The molecule has 3 N–H and O–H groups in total. The minimum absolute atomic E-state index is 0.0531. The van der Waals surface area contributed by atoms with Gasteiger partial charge in [-0.25, -0.2) is 28.2 Å². The Bertz CT molecular complexity index is 1970. The number of nitrogens with zero attached hydrogens (tertiary/aromatic N) is 7. The second-order valence-corrected chi connectivity index (χ2v) is 14.4. The van der Waals surface area contributed by atoms with E-state index in [0.717, 1.165) is 11.2 Å². The minimum Gasteiger partial charge on any atom is -0.447 e. The molecule has 1 saturated carbocycles. The van der Waals surface area contributed by atoms with Crippen molar-refractivity contribution in [2.24, 2.45) is 32.2 Å². The molecule has 0 unspecified atom stereocenters. The number of aromatic nitrogens is 2. The number of aliphatic imine (C=N–C) groups is 2. The first-order valence-electron chi connectivity index (χ1n) is 16.3. The standard InChI is InChI=1S/C34H34ClF6N9O3/c1-32(2,3)15-33(21-7-4-18(5-8-21)20-12-44-48(13-20)29(38)39)28(51)49(30(42)47-33)26(14-53-31(52)46-24-11-22(24)27(36)37)19-6-9-23(35)25(10-19)50-34(40,41)16-43-17-45-50/h4-10,12-13,16-17,22,24,26-27,29H,11,14-15H2,1-3H3,(H2,42,47)(H,46,52)/t22-,24-,26-,33-/m1/s1. The molecule has 0 saturated heterocycles. The Morgan fingerprint density at radius 2 is 1.83 bits per heavy atom. The second kappa shape index (κ2) is 14.0. The predicted molar refractivity (Wildman–Crippen MR) is 184 cm³/mol. The minimum atomic E-state index is -3.69. The third kappa shape index (κ3) is 7.68. The highest BCUT2D eigenvalue weighted by atomic mass is 35.5. The molecule has 12 nitrogen and oxygen atoms in total. The van der Waals surface area contributed by atoms with Gasteiger partial charge in [-0.3, -0.25) is 9.69 Å². The summed E-state index contributed by atoms with van der Waals surface area (Å²) in [5.41, 5.74) is 5.52. The fraction of sp³-hybridized carbons (Fsp3) is 0.412. The van der Waals surface area contributed by atoms with Crippen molar-refractivity contribution in [2.45, 2.75) is 70.3 Å². The Morgan fingerprint density at radius 1 is 1.11 bits per heavy atom. The molecule has 3 heterocycles. The largest absolute Gasteiger partial charge is 0.447 e. The molecular weight excluding hydrogens is 732 g/mol. The van der Waals surface area contributed by atoms with Crippen LogP contribution in [0.3, 0.4) is 0 Å². The lowest BCUT2D eigenvalue weighted by molar-refractivity contribution is -0.135. The van der Waals surface area contributed by atoms with E-state index >= 15 is 0 Å². The molecule has 0 radical (unpaired) electrons. The fourth-order valence-electron chi connectivity index (χ4n) is 6.39. The highest BCUT2D eigenvalue weighted by Crippen LogP contribution is 2.46. The maximum Gasteiger partial charge on any atom is 0.407 e. The van der Waals surface area contributed by atoms with Crippen molar-refractivity contribution in [1.29, 1.82) is 0 Å². The number of hydrogen-bond donors (Lipinski definition) is 2. The summed E-state index contributed by atoms with van der Waals surface area (Å²) in [5, 5.41) is 9.90. The number of rotatable bonds is 11. The normalized spacial score (nSPS) is 22.8. The molecule has 0 spiro atoms. The van der Waals surface area contributed by atoms with E-state index in [1.165, 1.54) is 30.6 Å². The number of hydrazone groups is 1. The highest BCUT2D eigenvalue weighted by Gasteiger charge is 2.53. The molecule has 1 aliphatic carbocycles. The van der Waals surface area contributed by atoms with Crippen LogP contribution in [0, 0.1) is 11.3 Å². The van der Waals surface area contributed by atoms with Crippen molar-refractivity contribution >= 4 is 47.8 Å². The number of nitrogens with one attached hydrogen (secondary N) is 1. The Kier molecular flexibility index (Phi) is 9.95. The number of anilines is 1. The fourth-order valence-corrected chi connectivity index (χ4v) is 6.59. The van der Waals surface area contributed by atoms with Gasteiger partial charge in [0.1, 0.15) is 12.9 Å². The van der Waals surface area contributed by atoms with E-state index < -0.39 is 66.6 Å². The van der Waals surface area contributed by atoms with Crippen LogP contribution >= 0.6 is 11.6 Å². The van der Waals surface area contributed by atoms with Crippen LogP contribution in [0.15, 0.2) is 69.9 Å². The summed E-state index contributed by atoms with van der Waals surface area (Å²) in [6.07, 6.45) is 0.195. The predicted octanol–water partition coefficient (Wildman–Crippen LogP) is 6.94. The van der Waals surface area contributed by atoms with E-state index in [2.05, 4.69) is 20.5 Å². The molecule has 3 aromatic rings. The van der Waals surface area contributed by atoms with E-state index in [1.54, 1.807) is 24.3 Å². The molecule has 1 fully saturated rings. The molecule has 19 heteroatoms. The van der Waals surface area contributed by atoms with Crippen LogP contribution < -0.4 is 16.1 Å². The molecule has 3 aliphatic rings. The summed E-state index contributed by atoms with van der Waals surface area (Å²) >= 11 is 6.36. The van der Waals surface area contributed by atoms with Gasteiger partial charge < -0.3 is 15.8 Å². The van der Waals surface area contributed by atoms with Crippen molar-refractivity contribution < 1.29 is 40.7 Å². The summed E-state index contributed by atoms with van der Waals surface area (Å²) < 4.78 is 88.4. The number of benzene rings is 2. The zero-order valence-electron chi connectivity index (χ0n) is 28.4. The molecular formula is C34H34ClF6N9O3. The van der Waals surface area contributed by atoms with Crippen molar-refractivity contribution in [1.82, 2.24) is 20.0 Å². The van der Waals surface area contributed by atoms with Gasteiger partial charge >= 0.3 is 18.7 Å². The van der Waals surface area contributed by atoms with Gasteiger partial charge in [0.05, 0.1) is 29.2 Å². The molecule has 282 valence electrons. The Labute approximate surface area is 304 Å². The summed E-state index contributed by atoms with van der Waals surface area (Å²) in [7, 11) is 0. The number of amides is 2. The molecule has 4 atom stereocenters. The lowest BCUT2D eigenvalue weighted by Crippen LogP contribution is -2.47. The topological polar surface area (TPSA) is 143 Å². The van der Waals surface area contributed by atoms with Crippen molar-refractivity contribution in [2.75, 3.05) is 11.6 Å². The molecule has 2 aliphatic heterocycles. The van der Waals surface area contributed by atoms with Gasteiger partial charge in [-0.05, 0) is 47.1 Å². The van der Waals surface area contributed by atoms with Crippen molar-refractivity contribution in [3.63, 3.8) is 0 Å². The van der Waals surface area contributed by atoms with E-state index in [0.29, 0.717) is 32.6 Å². The van der Waals surface area contributed by atoms with E-state index in [4.69, 9.17) is 27.1 Å². The van der Waals surface area contributed by atoms with Crippen LogP contribution in [-0.2, 0) is 15.1 Å². The first-order valence-corrected chi connectivity index (χ1v) is 16.7. The maximum absolute atomic E-state index is 14.9. The van der Waals surface area contributed by atoms with Gasteiger partial charge in [0.25, 0.3) is 5.91 Å². The number of guanidine groups is 1. The monoisotopic (exact) mass is 765 g/mol. The van der Waals surface area contributed by atoms with Crippen LogP contribution in [-0.4, -0.2) is 70.3 Å². The summed E-state index contributed by atoms with van der Waals surface area (Å²) in [6, 6.07) is 4.62. The van der Waals surface area contributed by atoms with Gasteiger partial charge in [0, 0.05) is 23.7 Å². The molecule has 6 rings (SSSR count). The SMILES string of the molecule is CC(C)(C)C[C@]1(c2ccc(-c3cnn(C(F)F)c3)cc2)N=C(N)N([C@H](COC(=O)N[C@@H]2C[C@H]2C(F)F)c2ccc(Cl)c(N3N=CN=CC3(F)F)c2)C1=O. The number of carbonyl (C=O) groups is 2. The molecule has 2 amide bonds. The van der Waals surface area contributed by atoms with Crippen molar-refractivity contribution in [3.05, 3.63) is 71.0 Å². The second-order valence-electron chi connectivity index (χ2n) is 14.0. The zero-order valence-corrected chi connectivity index (χ0v) is 29.2. The lowest BCUT2D eigenvalue weighted by Gasteiger charge is -2.35. The Hall–Kier alpha value is -5.13. The van der Waals surface area contributed by atoms with E-state index in [1.807, 2.05) is 20.8 Å². The first-order chi connectivity index (χ1) is 24.9. The summed E-state index contributed by atoms with van der Waals surface area (Å²) in [6.45, 7) is 2.20. The molecule has 1 aromatic heterocycles. The van der Waals surface area contributed by atoms with E-state index in [9.17, 15) is 35.9 Å². The van der Waals surface area contributed by atoms with Gasteiger partial charge in [-0.15, -0.1) is 0 Å². The van der Waals surface area contributed by atoms with Crippen LogP contribution in [0.5, 0.6) is 0 Å². The summed E-state index contributed by atoms with van der Waals surface area (Å²) in [4.78, 5) is 36.8. The number of alkyl carbamates (subject to hydrolysis) is 1. The van der Waals surface area contributed by atoms with Crippen LogP contribution in [0.2, 0.25) is 5.02 Å². The number of nitrogens with two attached hydrogens (primary N) is 1. The number of carbonyl (C=O) groups excluding carboxylic acids is 2. The highest BCUT2D eigenvalue weighted by molar-refractivity contribution is 6.33. The van der Waals surface area contributed by atoms with Gasteiger partial charge in [-0.2, -0.15) is 32.8 Å². The Morgan fingerprint density at radius 3 is 2.43 bits per heavy atom. The first kappa shape index (κ1) is 37.6. The lowest BCUT2D eigenvalue weighted by atomic mass is 9.75.